The highest BCUT2D eigenvalue weighted by Gasteiger charge is 2.35. The molecule has 1 heterocycles. The van der Waals surface area contributed by atoms with Gasteiger partial charge in [0.1, 0.15) is 6.17 Å². The molecule has 1 aromatic carbocycles. The third kappa shape index (κ3) is 3.43. The van der Waals surface area contributed by atoms with Crippen LogP contribution in [0.4, 0.5) is 0 Å². The van der Waals surface area contributed by atoms with Crippen LogP contribution in [0.5, 0.6) is 0 Å². The molecule has 2 aliphatic rings. The van der Waals surface area contributed by atoms with Gasteiger partial charge in [0.15, 0.2) is 0 Å². The van der Waals surface area contributed by atoms with E-state index in [0.29, 0.717) is 5.92 Å². The molecule has 0 N–H and O–H groups in total. The van der Waals surface area contributed by atoms with Crippen LogP contribution in [0, 0.1) is 5.92 Å². The summed E-state index contributed by atoms with van der Waals surface area (Å²) in [4.78, 5) is 7.47. The minimum Gasteiger partial charge on any atom is -0.337 e. The second kappa shape index (κ2) is 7.48. The number of allylic oxidation sites excluding steroid dienone is 6. The zero-order valence-electron chi connectivity index (χ0n) is 14.8. The Kier molecular flexibility index (Phi) is 5.14. The molecule has 124 valence electrons. The third-order valence-corrected chi connectivity index (χ3v) is 4.39. The maximum Gasteiger partial charge on any atom is 0.148 e. The van der Waals surface area contributed by atoms with Gasteiger partial charge in [0.25, 0.3) is 0 Å². The molecule has 0 fully saturated rings. The molecule has 3 rings (SSSR count). The highest BCUT2D eigenvalue weighted by molar-refractivity contribution is 6.03. The van der Waals surface area contributed by atoms with Gasteiger partial charge >= 0.3 is 0 Å². The minimum absolute atomic E-state index is 0.0530. The summed E-state index contributed by atoms with van der Waals surface area (Å²) >= 11 is 0. The van der Waals surface area contributed by atoms with Gasteiger partial charge in [0, 0.05) is 5.70 Å². The van der Waals surface area contributed by atoms with E-state index in [0.717, 1.165) is 12.1 Å². The van der Waals surface area contributed by atoms with E-state index in [9.17, 15) is 0 Å². The molecule has 0 saturated heterocycles. The third-order valence-electron chi connectivity index (χ3n) is 4.39. The van der Waals surface area contributed by atoms with Gasteiger partial charge in [-0.25, -0.2) is 0 Å². The van der Waals surface area contributed by atoms with Crippen molar-refractivity contribution in [2.24, 2.45) is 10.9 Å². The summed E-state index contributed by atoms with van der Waals surface area (Å²) < 4.78 is 0. The van der Waals surface area contributed by atoms with Crippen molar-refractivity contribution in [2.75, 3.05) is 0 Å². The Morgan fingerprint density at radius 3 is 2.71 bits per heavy atom. The van der Waals surface area contributed by atoms with Crippen molar-refractivity contribution in [3.8, 4) is 0 Å². The Hall–Kier alpha value is -2.35. The van der Waals surface area contributed by atoms with Gasteiger partial charge < -0.3 is 4.90 Å². The van der Waals surface area contributed by atoms with E-state index in [1.54, 1.807) is 0 Å². The van der Waals surface area contributed by atoms with E-state index < -0.39 is 0 Å². The molecule has 2 heteroatoms. The van der Waals surface area contributed by atoms with Gasteiger partial charge in [-0.1, -0.05) is 81.5 Å². The maximum absolute atomic E-state index is 5.01. The number of fused-ring (bicyclic) bond motifs is 1. The van der Waals surface area contributed by atoms with E-state index in [1.807, 2.05) is 0 Å². The fourth-order valence-electron chi connectivity index (χ4n) is 3.20. The lowest BCUT2D eigenvalue weighted by Crippen LogP contribution is -2.35. The van der Waals surface area contributed by atoms with Crippen molar-refractivity contribution in [3.63, 3.8) is 0 Å². The van der Waals surface area contributed by atoms with E-state index >= 15 is 0 Å². The van der Waals surface area contributed by atoms with E-state index in [4.69, 9.17) is 4.99 Å². The summed E-state index contributed by atoms with van der Waals surface area (Å²) in [6.07, 6.45) is 16.3. The Labute approximate surface area is 145 Å². The molecule has 1 aromatic rings. The van der Waals surface area contributed by atoms with Gasteiger partial charge in [-0.2, -0.15) is 0 Å². The molecule has 2 unspecified atom stereocenters. The van der Waals surface area contributed by atoms with Gasteiger partial charge in [-0.15, -0.1) is 0 Å². The lowest BCUT2D eigenvalue weighted by molar-refractivity contribution is 0.277. The van der Waals surface area contributed by atoms with Crippen LogP contribution in [0.1, 0.15) is 38.9 Å². The maximum atomic E-state index is 5.01. The molecular formula is C22H26N2. The number of hydrogen-bond donors (Lipinski definition) is 0. The van der Waals surface area contributed by atoms with Crippen molar-refractivity contribution < 1.29 is 0 Å². The smallest absolute Gasteiger partial charge is 0.148 e. The average molecular weight is 318 g/mol. The first-order valence-electron chi connectivity index (χ1n) is 8.84. The first-order valence-corrected chi connectivity index (χ1v) is 8.84. The lowest BCUT2D eigenvalue weighted by Gasteiger charge is -2.33. The topological polar surface area (TPSA) is 15.6 Å². The summed E-state index contributed by atoms with van der Waals surface area (Å²) in [7, 11) is 0. The molecule has 0 bridgehead atoms. The zero-order chi connectivity index (χ0) is 16.9. The van der Waals surface area contributed by atoms with Crippen molar-refractivity contribution >= 4 is 5.71 Å². The lowest BCUT2D eigenvalue weighted by atomic mass is 10.0. The first kappa shape index (κ1) is 16.5. The molecule has 0 radical (unpaired) electrons. The van der Waals surface area contributed by atoms with E-state index in [1.165, 1.54) is 11.3 Å². The number of aliphatic imine (C=N–C) groups is 1. The largest absolute Gasteiger partial charge is 0.337 e. The summed E-state index contributed by atoms with van der Waals surface area (Å²) in [5.74, 6) is 0.562. The Balaban J connectivity index is 1.98. The van der Waals surface area contributed by atoms with Crippen LogP contribution in [0.25, 0.3) is 0 Å². The van der Waals surface area contributed by atoms with Crippen LogP contribution in [-0.2, 0) is 0 Å². The Morgan fingerprint density at radius 2 is 2.00 bits per heavy atom. The number of benzene rings is 1. The summed E-state index contributed by atoms with van der Waals surface area (Å²) in [5.41, 5.74) is 3.72. The van der Waals surface area contributed by atoms with Gasteiger partial charge in [-0.05, 0) is 30.1 Å². The predicted molar refractivity (Wildman–Crippen MR) is 103 cm³/mol. The fourth-order valence-corrected chi connectivity index (χ4v) is 3.20. The van der Waals surface area contributed by atoms with Gasteiger partial charge in [0.05, 0.1) is 11.8 Å². The molecule has 0 amide bonds. The van der Waals surface area contributed by atoms with Gasteiger partial charge in [-0.3, -0.25) is 4.99 Å². The molecule has 1 aliphatic heterocycles. The van der Waals surface area contributed by atoms with Crippen LogP contribution in [0.15, 0.2) is 83.6 Å². The van der Waals surface area contributed by atoms with E-state index in [2.05, 4.69) is 98.5 Å². The van der Waals surface area contributed by atoms with Crippen molar-refractivity contribution in [3.05, 3.63) is 84.1 Å². The zero-order valence-corrected chi connectivity index (χ0v) is 14.8. The molecule has 0 saturated carbocycles. The summed E-state index contributed by atoms with van der Waals surface area (Å²) in [6, 6.07) is 10.8. The normalized spacial score (nSPS) is 23.2. The fraction of sp³-hybridized carbons (Fsp3) is 0.318. The molecule has 2 nitrogen and oxygen atoms in total. The quantitative estimate of drug-likeness (QED) is 0.660. The van der Waals surface area contributed by atoms with Crippen molar-refractivity contribution in [1.82, 2.24) is 4.90 Å². The predicted octanol–water partition coefficient (Wildman–Crippen LogP) is 5.44. The van der Waals surface area contributed by atoms with Crippen LogP contribution in [0.2, 0.25) is 0 Å². The highest BCUT2D eigenvalue weighted by atomic mass is 15.3. The molecule has 24 heavy (non-hydrogen) atoms. The van der Waals surface area contributed by atoms with Gasteiger partial charge in [0.2, 0.25) is 0 Å². The van der Waals surface area contributed by atoms with E-state index in [-0.39, 0.29) is 12.2 Å². The Morgan fingerprint density at radius 1 is 1.21 bits per heavy atom. The van der Waals surface area contributed by atoms with Crippen molar-refractivity contribution in [2.45, 2.75) is 39.4 Å². The SMILES string of the molecule is CC/C(=C\C=C/C(C)C)N1C2C=CC=CC2=NC1c1ccccc1. The number of hydrogen-bond acceptors (Lipinski definition) is 2. The van der Waals surface area contributed by atoms with Crippen molar-refractivity contribution in [1.29, 1.82) is 0 Å². The molecule has 0 spiro atoms. The highest BCUT2D eigenvalue weighted by Crippen LogP contribution is 2.37. The summed E-state index contributed by atoms with van der Waals surface area (Å²) in [5, 5.41) is 0. The Bertz CT molecular complexity index is 705. The van der Waals surface area contributed by atoms with Crippen LogP contribution in [0.3, 0.4) is 0 Å². The average Bonchev–Trinajstić information content (AvgIpc) is 2.99. The molecule has 1 aliphatic carbocycles. The summed E-state index contributed by atoms with van der Waals surface area (Å²) in [6.45, 7) is 6.63. The van der Waals surface area contributed by atoms with Crippen LogP contribution >= 0.6 is 0 Å². The van der Waals surface area contributed by atoms with Crippen LogP contribution < -0.4 is 0 Å². The standard InChI is InChI=1S/C22H26N2/c1-4-19(14-10-11-17(2)3)24-21-16-9-8-15-20(21)23-22(24)18-12-6-5-7-13-18/h5-17,21-22H,4H2,1-3H3/b11-10-,19-14+. The van der Waals surface area contributed by atoms with Crippen LogP contribution in [-0.4, -0.2) is 16.7 Å². The minimum atomic E-state index is 0.0530. The first-order chi connectivity index (χ1) is 11.7. The monoisotopic (exact) mass is 318 g/mol. The molecular weight excluding hydrogens is 292 g/mol. The second-order valence-electron chi connectivity index (χ2n) is 6.57. The second-order valence-corrected chi connectivity index (χ2v) is 6.57. The number of rotatable bonds is 5. The molecule has 2 atom stereocenters. The number of nitrogens with zero attached hydrogens (tertiary/aromatic N) is 2. The molecule has 0 aromatic heterocycles.